The molecule has 1 unspecified atom stereocenters. The van der Waals surface area contributed by atoms with Crippen molar-refractivity contribution in [1.82, 2.24) is 4.90 Å². The highest BCUT2D eigenvalue weighted by atomic mass is 16.3. The lowest BCUT2D eigenvalue weighted by Gasteiger charge is -2.33. The number of hydrogen-bond donors (Lipinski definition) is 2. The first-order valence-corrected chi connectivity index (χ1v) is 5.82. The molecule has 0 heterocycles. The zero-order valence-corrected chi connectivity index (χ0v) is 9.28. The first-order valence-electron chi connectivity index (χ1n) is 5.82. The van der Waals surface area contributed by atoms with Gasteiger partial charge in [-0.05, 0) is 19.9 Å². The predicted molar refractivity (Wildman–Crippen MR) is 59.2 cm³/mol. The van der Waals surface area contributed by atoms with E-state index in [1.54, 1.807) is 0 Å². The second-order valence-electron chi connectivity index (χ2n) is 4.38. The maximum absolute atomic E-state index is 9.18. The van der Waals surface area contributed by atoms with Crippen LogP contribution < -0.4 is 5.73 Å². The molecule has 0 bridgehead atoms. The maximum atomic E-state index is 9.18. The summed E-state index contributed by atoms with van der Waals surface area (Å²) in [6.07, 6.45) is 7.95. The van der Waals surface area contributed by atoms with Crippen LogP contribution in [0.15, 0.2) is 0 Å². The third kappa shape index (κ3) is 3.23. The average molecular weight is 200 g/mol. The summed E-state index contributed by atoms with van der Waals surface area (Å²) in [6, 6.07) is 0.788. The van der Waals surface area contributed by atoms with Crippen molar-refractivity contribution in [2.24, 2.45) is 5.73 Å². The molecular formula is C11H24N2O. The standard InChI is InChI=1S/C11H24N2O/c1-13(11(8-12)9-14)10-6-4-2-3-5-7-10/h10-11,14H,2-9,12H2,1H3. The van der Waals surface area contributed by atoms with Gasteiger partial charge in [-0.25, -0.2) is 0 Å². The summed E-state index contributed by atoms with van der Waals surface area (Å²) in [5.74, 6) is 0. The molecule has 0 radical (unpaired) electrons. The largest absolute Gasteiger partial charge is 0.395 e. The lowest BCUT2D eigenvalue weighted by Crippen LogP contribution is -2.46. The Morgan fingerprint density at radius 1 is 1.29 bits per heavy atom. The molecule has 3 heteroatoms. The van der Waals surface area contributed by atoms with Gasteiger partial charge in [0.05, 0.1) is 6.61 Å². The van der Waals surface area contributed by atoms with Crippen molar-refractivity contribution in [1.29, 1.82) is 0 Å². The van der Waals surface area contributed by atoms with E-state index in [0.29, 0.717) is 12.6 Å². The lowest BCUT2D eigenvalue weighted by atomic mass is 10.1. The second-order valence-corrected chi connectivity index (χ2v) is 4.38. The van der Waals surface area contributed by atoms with Gasteiger partial charge in [0.1, 0.15) is 0 Å². The minimum atomic E-state index is 0.151. The van der Waals surface area contributed by atoms with Crippen LogP contribution in [0.5, 0.6) is 0 Å². The van der Waals surface area contributed by atoms with Gasteiger partial charge in [-0.1, -0.05) is 25.7 Å². The number of hydrogen-bond acceptors (Lipinski definition) is 3. The molecule has 1 aliphatic carbocycles. The monoisotopic (exact) mass is 200 g/mol. The zero-order chi connectivity index (χ0) is 10.4. The third-order valence-electron chi connectivity index (χ3n) is 3.46. The number of aliphatic hydroxyl groups excluding tert-OH is 1. The molecule has 14 heavy (non-hydrogen) atoms. The maximum Gasteiger partial charge on any atom is 0.0599 e. The molecule has 0 amide bonds. The van der Waals surface area contributed by atoms with Crippen LogP contribution in [-0.2, 0) is 0 Å². The average Bonchev–Trinajstić information content (AvgIpc) is 2.47. The van der Waals surface area contributed by atoms with Crippen molar-refractivity contribution in [3.63, 3.8) is 0 Å². The van der Waals surface area contributed by atoms with Gasteiger partial charge >= 0.3 is 0 Å². The molecule has 1 atom stereocenters. The molecule has 0 aromatic heterocycles. The Hall–Kier alpha value is -0.120. The molecule has 1 fully saturated rings. The van der Waals surface area contributed by atoms with Gasteiger partial charge < -0.3 is 10.8 Å². The van der Waals surface area contributed by atoms with Crippen molar-refractivity contribution >= 4 is 0 Å². The number of nitrogens with zero attached hydrogens (tertiary/aromatic N) is 1. The van der Waals surface area contributed by atoms with Gasteiger partial charge in [-0.3, -0.25) is 4.90 Å². The van der Waals surface area contributed by atoms with Crippen LogP contribution in [0.2, 0.25) is 0 Å². The quantitative estimate of drug-likeness (QED) is 0.665. The molecule has 0 aromatic rings. The highest BCUT2D eigenvalue weighted by molar-refractivity contribution is 4.78. The smallest absolute Gasteiger partial charge is 0.0599 e. The summed E-state index contributed by atoms with van der Waals surface area (Å²) in [4.78, 5) is 2.28. The highest BCUT2D eigenvalue weighted by Crippen LogP contribution is 2.21. The Bertz CT molecular complexity index is 140. The minimum absolute atomic E-state index is 0.151. The SMILES string of the molecule is CN(C(CN)CO)C1CCCCCC1. The van der Waals surface area contributed by atoms with Crippen LogP contribution in [0.1, 0.15) is 38.5 Å². The molecule has 3 nitrogen and oxygen atoms in total. The number of nitrogens with two attached hydrogens (primary N) is 1. The fraction of sp³-hybridized carbons (Fsp3) is 1.00. The summed E-state index contributed by atoms with van der Waals surface area (Å²) < 4.78 is 0. The van der Waals surface area contributed by atoms with Crippen LogP contribution >= 0.6 is 0 Å². The summed E-state index contributed by atoms with van der Waals surface area (Å²) in [5.41, 5.74) is 5.63. The summed E-state index contributed by atoms with van der Waals surface area (Å²) in [7, 11) is 2.10. The van der Waals surface area contributed by atoms with Crippen molar-refractivity contribution in [2.75, 3.05) is 20.2 Å². The van der Waals surface area contributed by atoms with Crippen molar-refractivity contribution in [2.45, 2.75) is 50.6 Å². The Balaban J connectivity index is 2.43. The van der Waals surface area contributed by atoms with Gasteiger partial charge in [-0.15, -0.1) is 0 Å². The number of rotatable bonds is 4. The fourth-order valence-electron chi connectivity index (χ4n) is 2.33. The fourth-order valence-corrected chi connectivity index (χ4v) is 2.33. The first kappa shape index (κ1) is 12.0. The van der Waals surface area contributed by atoms with E-state index in [2.05, 4.69) is 11.9 Å². The third-order valence-corrected chi connectivity index (χ3v) is 3.46. The van der Waals surface area contributed by atoms with Crippen LogP contribution in [0.3, 0.4) is 0 Å². The van der Waals surface area contributed by atoms with E-state index >= 15 is 0 Å². The van der Waals surface area contributed by atoms with E-state index in [1.807, 2.05) is 0 Å². The van der Waals surface area contributed by atoms with E-state index in [-0.39, 0.29) is 12.6 Å². The zero-order valence-electron chi connectivity index (χ0n) is 9.28. The normalized spacial score (nSPS) is 22.3. The van der Waals surface area contributed by atoms with Crippen molar-refractivity contribution in [3.8, 4) is 0 Å². The Morgan fingerprint density at radius 3 is 2.29 bits per heavy atom. The van der Waals surface area contributed by atoms with Crippen molar-refractivity contribution < 1.29 is 5.11 Å². The molecule has 0 saturated heterocycles. The molecular weight excluding hydrogens is 176 g/mol. The Kier molecular flexibility index (Phi) is 5.45. The Labute approximate surface area is 87.3 Å². The molecule has 1 saturated carbocycles. The number of likely N-dealkylation sites (N-methyl/N-ethyl adjacent to an activating group) is 1. The van der Waals surface area contributed by atoms with Gasteiger partial charge in [0.25, 0.3) is 0 Å². The lowest BCUT2D eigenvalue weighted by molar-refractivity contribution is 0.105. The van der Waals surface area contributed by atoms with Gasteiger partial charge in [-0.2, -0.15) is 0 Å². The minimum Gasteiger partial charge on any atom is -0.395 e. The molecule has 1 aliphatic rings. The summed E-state index contributed by atoms with van der Waals surface area (Å²) in [6.45, 7) is 0.743. The van der Waals surface area contributed by atoms with E-state index < -0.39 is 0 Å². The molecule has 3 N–H and O–H groups in total. The van der Waals surface area contributed by atoms with Gasteiger partial charge in [0, 0.05) is 18.6 Å². The van der Waals surface area contributed by atoms with Crippen LogP contribution in [-0.4, -0.2) is 42.3 Å². The first-order chi connectivity index (χ1) is 6.79. The predicted octanol–water partition coefficient (Wildman–Crippen LogP) is 0.961. The molecule has 0 aliphatic heterocycles. The van der Waals surface area contributed by atoms with E-state index in [9.17, 15) is 5.11 Å². The van der Waals surface area contributed by atoms with Gasteiger partial charge in [0.15, 0.2) is 0 Å². The van der Waals surface area contributed by atoms with E-state index in [4.69, 9.17) is 5.73 Å². The van der Waals surface area contributed by atoms with Crippen LogP contribution in [0, 0.1) is 0 Å². The van der Waals surface area contributed by atoms with E-state index in [0.717, 1.165) is 0 Å². The van der Waals surface area contributed by atoms with Crippen LogP contribution in [0.25, 0.3) is 0 Å². The molecule has 1 rings (SSSR count). The van der Waals surface area contributed by atoms with Crippen molar-refractivity contribution in [3.05, 3.63) is 0 Å². The number of aliphatic hydroxyl groups is 1. The van der Waals surface area contributed by atoms with Gasteiger partial charge in [0.2, 0.25) is 0 Å². The highest BCUT2D eigenvalue weighted by Gasteiger charge is 2.22. The molecule has 84 valence electrons. The topological polar surface area (TPSA) is 49.5 Å². The Morgan fingerprint density at radius 2 is 1.86 bits per heavy atom. The summed E-state index contributed by atoms with van der Waals surface area (Å²) in [5, 5.41) is 9.18. The summed E-state index contributed by atoms with van der Waals surface area (Å²) >= 11 is 0. The molecule has 0 aromatic carbocycles. The van der Waals surface area contributed by atoms with E-state index in [1.165, 1.54) is 38.5 Å². The second kappa shape index (κ2) is 6.38. The van der Waals surface area contributed by atoms with Crippen LogP contribution in [0.4, 0.5) is 0 Å². The molecule has 0 spiro atoms.